The van der Waals surface area contributed by atoms with Gasteiger partial charge in [-0.15, -0.1) is 11.3 Å². The van der Waals surface area contributed by atoms with Crippen LogP contribution in [0.4, 0.5) is 4.79 Å². The van der Waals surface area contributed by atoms with E-state index in [-0.39, 0.29) is 48.2 Å². The third kappa shape index (κ3) is 12.6. The molecule has 1 aliphatic rings. The van der Waals surface area contributed by atoms with Crippen LogP contribution in [-0.4, -0.2) is 89.5 Å². The smallest absolute Gasteiger partial charge is 0.315 e. The maximum Gasteiger partial charge on any atom is 0.315 e. The topological polar surface area (TPSA) is 182 Å². The van der Waals surface area contributed by atoms with Crippen molar-refractivity contribution in [3.05, 3.63) is 52.0 Å². The summed E-state index contributed by atoms with van der Waals surface area (Å²) in [6.45, 7) is 10.3. The van der Waals surface area contributed by atoms with Gasteiger partial charge in [-0.1, -0.05) is 77.8 Å². The van der Waals surface area contributed by atoms with Gasteiger partial charge in [-0.05, 0) is 63.1 Å². The van der Waals surface area contributed by atoms with Crippen molar-refractivity contribution in [1.82, 2.24) is 36.5 Å². The van der Waals surface area contributed by atoms with Gasteiger partial charge in [0.05, 0.1) is 18.0 Å². The van der Waals surface area contributed by atoms with Gasteiger partial charge in [0.1, 0.15) is 16.7 Å². The summed E-state index contributed by atoms with van der Waals surface area (Å²) in [6.07, 6.45) is 4.43. The maximum atomic E-state index is 13.9. The Labute approximate surface area is 306 Å². The van der Waals surface area contributed by atoms with E-state index in [2.05, 4.69) is 31.6 Å². The minimum atomic E-state index is -0.942. The molecular formula is C37H57N7O6S. The van der Waals surface area contributed by atoms with Gasteiger partial charge in [0.25, 0.3) is 5.91 Å². The summed E-state index contributed by atoms with van der Waals surface area (Å²) in [7, 11) is 3.44. The molecule has 51 heavy (non-hydrogen) atoms. The van der Waals surface area contributed by atoms with Crippen LogP contribution in [0.1, 0.15) is 100 Å². The van der Waals surface area contributed by atoms with Crippen LogP contribution in [0.2, 0.25) is 0 Å². The number of carboxylic acid groups (broad SMARTS) is 1. The maximum absolute atomic E-state index is 13.9. The molecule has 0 spiro atoms. The molecule has 282 valence electrons. The Morgan fingerprint density at radius 2 is 1.69 bits per heavy atom. The molecule has 2 heterocycles. The van der Waals surface area contributed by atoms with E-state index in [0.717, 1.165) is 31.4 Å². The number of nitrogens with zero attached hydrogens (tertiary/aromatic N) is 2. The molecule has 3 rings (SSSR count). The summed E-state index contributed by atoms with van der Waals surface area (Å²) in [5.74, 6) is -2.64. The Kier molecular flexibility index (Phi) is 16.3. The van der Waals surface area contributed by atoms with E-state index < -0.39 is 48.0 Å². The molecule has 1 aromatic heterocycles. The van der Waals surface area contributed by atoms with Crippen LogP contribution in [-0.2, 0) is 20.8 Å². The zero-order valence-electron chi connectivity index (χ0n) is 31.0. The van der Waals surface area contributed by atoms with Gasteiger partial charge in [0.2, 0.25) is 11.8 Å². The number of aliphatic carboxylic acids is 1. The Morgan fingerprint density at radius 3 is 2.29 bits per heavy atom. The molecule has 1 fully saturated rings. The molecule has 1 saturated heterocycles. The predicted molar refractivity (Wildman–Crippen MR) is 198 cm³/mol. The molecule has 6 N–H and O–H groups in total. The lowest BCUT2D eigenvalue weighted by atomic mass is 9.93. The molecule has 5 amide bonds. The number of amides is 5. The fourth-order valence-corrected chi connectivity index (χ4v) is 7.13. The van der Waals surface area contributed by atoms with Gasteiger partial charge in [-0.3, -0.25) is 24.1 Å². The second kappa shape index (κ2) is 20.1. The molecule has 1 aliphatic heterocycles. The van der Waals surface area contributed by atoms with Gasteiger partial charge < -0.3 is 31.7 Å². The molecule has 0 radical (unpaired) electrons. The predicted octanol–water partition coefficient (Wildman–Crippen LogP) is 4.11. The average molecular weight is 728 g/mol. The molecule has 2 aromatic rings. The monoisotopic (exact) mass is 727 g/mol. The highest BCUT2D eigenvalue weighted by Crippen LogP contribution is 2.26. The molecule has 7 atom stereocenters. The summed E-state index contributed by atoms with van der Waals surface area (Å²) in [4.78, 5) is 71.6. The summed E-state index contributed by atoms with van der Waals surface area (Å²) >= 11 is 1.22. The lowest BCUT2D eigenvalue weighted by molar-refractivity contribution is -0.141. The van der Waals surface area contributed by atoms with E-state index in [1.807, 2.05) is 70.0 Å². The van der Waals surface area contributed by atoms with E-state index >= 15 is 0 Å². The number of hydrogen-bond donors (Lipinski definition) is 6. The van der Waals surface area contributed by atoms with Gasteiger partial charge in [0.15, 0.2) is 0 Å². The van der Waals surface area contributed by atoms with Crippen LogP contribution in [0.25, 0.3) is 0 Å². The van der Waals surface area contributed by atoms with E-state index in [1.54, 1.807) is 12.3 Å². The number of likely N-dealkylation sites (N-methyl/N-ethyl adjacent to an activating group) is 1. The van der Waals surface area contributed by atoms with Gasteiger partial charge >= 0.3 is 12.0 Å². The average Bonchev–Trinajstić information content (AvgIpc) is 3.60. The number of benzene rings is 1. The van der Waals surface area contributed by atoms with Crippen molar-refractivity contribution in [2.45, 2.75) is 110 Å². The van der Waals surface area contributed by atoms with Crippen molar-refractivity contribution in [3.8, 4) is 0 Å². The van der Waals surface area contributed by atoms with E-state index in [1.165, 1.54) is 18.4 Å². The van der Waals surface area contributed by atoms with Crippen LogP contribution in [0.15, 0.2) is 35.7 Å². The number of carboxylic acids is 1. The fraction of sp³-hybridized carbons (Fsp3) is 0.622. The number of carbonyl (C=O) groups is 5. The minimum absolute atomic E-state index is 0.0431. The van der Waals surface area contributed by atoms with Crippen LogP contribution >= 0.6 is 11.3 Å². The number of nitrogens with one attached hydrogen (secondary N) is 5. The van der Waals surface area contributed by atoms with Crippen LogP contribution in [0, 0.1) is 17.8 Å². The lowest BCUT2D eigenvalue weighted by Crippen LogP contribution is -2.57. The van der Waals surface area contributed by atoms with Crippen LogP contribution < -0.4 is 26.6 Å². The highest BCUT2D eigenvalue weighted by atomic mass is 32.1. The Bertz CT molecular complexity index is 1450. The quantitative estimate of drug-likeness (QED) is 0.133. The van der Waals surface area contributed by atoms with Crippen LogP contribution in [0.5, 0.6) is 0 Å². The van der Waals surface area contributed by atoms with Gasteiger partial charge in [0, 0.05) is 24.5 Å². The zero-order valence-corrected chi connectivity index (χ0v) is 31.8. The number of likely N-dealkylation sites (tertiary alicyclic amines) is 1. The summed E-state index contributed by atoms with van der Waals surface area (Å²) in [6, 6.07) is 6.59. The number of rotatable bonds is 18. The van der Waals surface area contributed by atoms with Crippen LogP contribution in [0.3, 0.4) is 0 Å². The SMILES string of the molecule is CC[C@H](C)[C@H](NC(=O)[C@H]1CCCCN1C)C(=O)N[C@H](C[C@@H](NC(=O)NC)c1nc(C(=O)N[C@@H](Cc2ccccc2)C[C@H](C)C(=O)O)cs1)C(C)C. The molecular weight excluding hydrogens is 671 g/mol. The first-order valence-electron chi connectivity index (χ1n) is 18.1. The van der Waals surface area contributed by atoms with Crippen molar-refractivity contribution >= 4 is 41.1 Å². The first kappa shape index (κ1) is 41.4. The Morgan fingerprint density at radius 1 is 0.980 bits per heavy atom. The molecule has 0 saturated carbocycles. The second-order valence-corrected chi connectivity index (χ2v) is 15.0. The standard InChI is InChI=1S/C37H57N7O6S/c1-8-23(4)31(43-33(46)30-16-12-13-17-44(30)7)34(47)40-27(22(2)3)20-28(42-37(50)38-6)35-41-29(21-51-35)32(45)39-26(18-24(5)36(48)49)19-25-14-10-9-11-15-25/h9-11,14-15,21-24,26-28,30-31H,8,12-13,16-20H2,1-7H3,(H,39,45)(H,40,47)(H,43,46)(H,48,49)(H2,38,42,50)/t23-,24-,26+,27+,28+,30+,31-/m0/s1. The summed E-state index contributed by atoms with van der Waals surface area (Å²) < 4.78 is 0. The van der Waals surface area contributed by atoms with E-state index in [4.69, 9.17) is 0 Å². The lowest BCUT2D eigenvalue weighted by Gasteiger charge is -2.34. The number of hydrogen-bond acceptors (Lipinski definition) is 8. The molecule has 14 heteroatoms. The third-order valence-electron chi connectivity index (χ3n) is 9.79. The molecule has 0 unspecified atom stereocenters. The number of aromatic nitrogens is 1. The highest BCUT2D eigenvalue weighted by Gasteiger charge is 2.34. The molecule has 0 aliphatic carbocycles. The van der Waals surface area contributed by atoms with Crippen molar-refractivity contribution < 1.29 is 29.1 Å². The number of thiazole rings is 1. The fourth-order valence-electron chi connectivity index (χ4n) is 6.26. The van der Waals surface area contributed by atoms with Gasteiger partial charge in [-0.2, -0.15) is 0 Å². The minimum Gasteiger partial charge on any atom is -0.481 e. The number of urea groups is 1. The van der Waals surface area contributed by atoms with Gasteiger partial charge in [-0.25, -0.2) is 9.78 Å². The summed E-state index contributed by atoms with van der Waals surface area (Å²) in [5.41, 5.74) is 1.12. The zero-order chi connectivity index (χ0) is 37.7. The van der Waals surface area contributed by atoms with Crippen molar-refractivity contribution in [2.24, 2.45) is 17.8 Å². The second-order valence-electron chi connectivity index (χ2n) is 14.1. The first-order valence-corrected chi connectivity index (χ1v) is 18.9. The molecule has 13 nitrogen and oxygen atoms in total. The molecule has 1 aromatic carbocycles. The van der Waals surface area contributed by atoms with E-state index in [0.29, 0.717) is 17.8 Å². The Hall–Kier alpha value is -4.04. The number of piperidine rings is 1. The molecule has 0 bridgehead atoms. The Balaban J connectivity index is 1.79. The first-order chi connectivity index (χ1) is 24.2. The highest BCUT2D eigenvalue weighted by molar-refractivity contribution is 7.09. The largest absolute Gasteiger partial charge is 0.481 e. The van der Waals surface area contributed by atoms with Crippen molar-refractivity contribution in [2.75, 3.05) is 20.6 Å². The third-order valence-corrected chi connectivity index (χ3v) is 10.8. The van der Waals surface area contributed by atoms with E-state index in [9.17, 15) is 29.1 Å². The van der Waals surface area contributed by atoms with Crippen molar-refractivity contribution in [1.29, 1.82) is 0 Å². The summed E-state index contributed by atoms with van der Waals surface area (Å²) in [5, 5.41) is 26.3. The number of carbonyl (C=O) groups excluding carboxylic acids is 4. The van der Waals surface area contributed by atoms with Crippen molar-refractivity contribution in [3.63, 3.8) is 0 Å². The normalized spacial score (nSPS) is 18.4.